The lowest BCUT2D eigenvalue weighted by Crippen LogP contribution is -2.19. The van der Waals surface area contributed by atoms with Gasteiger partial charge in [0.05, 0.1) is 0 Å². The van der Waals surface area contributed by atoms with Crippen molar-refractivity contribution in [1.82, 2.24) is 14.8 Å². The highest BCUT2D eigenvalue weighted by Gasteiger charge is 2.23. The van der Waals surface area contributed by atoms with Crippen molar-refractivity contribution >= 4 is 15.1 Å². The summed E-state index contributed by atoms with van der Waals surface area (Å²) in [7, 11) is 4.75. The van der Waals surface area contributed by atoms with Gasteiger partial charge in [0, 0.05) is 30.4 Å². The Hall–Kier alpha value is -2.19. The van der Waals surface area contributed by atoms with Crippen LogP contribution < -0.4 is 4.90 Å². The molecule has 3 aromatic rings. The SMILES string of the molecule is CN1Cc2ccccc2-c2c(nnn2P)-c2ccccc21. The molecule has 2 aromatic carbocycles. The van der Waals surface area contributed by atoms with Crippen molar-refractivity contribution in [2.75, 3.05) is 11.9 Å². The van der Waals surface area contributed by atoms with E-state index < -0.39 is 0 Å². The lowest BCUT2D eigenvalue weighted by Gasteiger charge is -2.26. The number of nitrogens with zero attached hydrogens (tertiary/aromatic N) is 4. The molecule has 1 aromatic heterocycles. The van der Waals surface area contributed by atoms with Crippen molar-refractivity contribution in [3.63, 3.8) is 0 Å². The van der Waals surface area contributed by atoms with E-state index >= 15 is 0 Å². The summed E-state index contributed by atoms with van der Waals surface area (Å²) in [6.07, 6.45) is 0. The maximum Gasteiger partial charge on any atom is 0.123 e. The highest BCUT2D eigenvalue weighted by atomic mass is 31.0. The van der Waals surface area contributed by atoms with Gasteiger partial charge in [-0.25, -0.2) is 4.45 Å². The summed E-state index contributed by atoms with van der Waals surface area (Å²) in [5.41, 5.74) is 6.75. The maximum absolute atomic E-state index is 4.40. The first kappa shape index (κ1) is 12.5. The highest BCUT2D eigenvalue weighted by molar-refractivity contribution is 7.14. The molecular formula is C16H15N4P. The average molecular weight is 294 g/mol. The second-order valence-corrected chi connectivity index (χ2v) is 5.75. The first-order valence-electron chi connectivity index (χ1n) is 6.85. The monoisotopic (exact) mass is 294 g/mol. The van der Waals surface area contributed by atoms with Crippen molar-refractivity contribution in [2.24, 2.45) is 0 Å². The minimum absolute atomic E-state index is 0.864. The summed E-state index contributed by atoms with van der Waals surface area (Å²) < 4.78 is 1.79. The first-order chi connectivity index (χ1) is 10.3. The molecule has 1 aliphatic rings. The fourth-order valence-corrected chi connectivity index (χ4v) is 3.28. The van der Waals surface area contributed by atoms with E-state index in [1.54, 1.807) is 4.45 Å². The molecule has 0 N–H and O–H groups in total. The molecule has 0 bridgehead atoms. The van der Waals surface area contributed by atoms with Crippen LogP contribution >= 0.6 is 9.39 Å². The third kappa shape index (κ3) is 1.87. The topological polar surface area (TPSA) is 34.0 Å². The van der Waals surface area contributed by atoms with Crippen LogP contribution in [0.15, 0.2) is 48.5 Å². The number of para-hydroxylation sites is 1. The molecule has 0 saturated heterocycles. The molecule has 21 heavy (non-hydrogen) atoms. The van der Waals surface area contributed by atoms with Gasteiger partial charge in [0.2, 0.25) is 0 Å². The normalized spacial score (nSPS) is 13.0. The standard InChI is InChI=1S/C16H15N4P/c1-19-10-11-6-2-3-7-12(11)16-15(17-18-20(16)21)13-8-4-5-9-14(13)19/h2-9H,10,21H2,1H3. The van der Waals surface area contributed by atoms with Crippen molar-refractivity contribution in [3.8, 4) is 22.5 Å². The van der Waals surface area contributed by atoms with Crippen LogP contribution in [0.1, 0.15) is 5.56 Å². The van der Waals surface area contributed by atoms with Crippen LogP contribution in [-0.2, 0) is 6.54 Å². The van der Waals surface area contributed by atoms with Crippen molar-refractivity contribution in [3.05, 3.63) is 54.1 Å². The van der Waals surface area contributed by atoms with E-state index in [0.29, 0.717) is 0 Å². The largest absolute Gasteiger partial charge is 0.370 e. The third-order valence-electron chi connectivity index (χ3n) is 3.94. The van der Waals surface area contributed by atoms with Crippen LogP contribution in [0.2, 0.25) is 0 Å². The van der Waals surface area contributed by atoms with Crippen molar-refractivity contribution in [1.29, 1.82) is 0 Å². The zero-order chi connectivity index (χ0) is 14.4. The van der Waals surface area contributed by atoms with Gasteiger partial charge in [-0.1, -0.05) is 47.7 Å². The molecule has 0 fully saturated rings. The van der Waals surface area contributed by atoms with Gasteiger partial charge in [0.25, 0.3) is 0 Å². The Morgan fingerprint density at radius 2 is 1.71 bits per heavy atom. The van der Waals surface area contributed by atoms with E-state index in [2.05, 4.69) is 74.1 Å². The summed E-state index contributed by atoms with van der Waals surface area (Å²) in [5, 5.41) is 8.61. The highest BCUT2D eigenvalue weighted by Crippen LogP contribution is 2.40. The summed E-state index contributed by atoms with van der Waals surface area (Å²) in [6.45, 7) is 0.864. The lowest BCUT2D eigenvalue weighted by atomic mass is 9.96. The van der Waals surface area contributed by atoms with E-state index in [0.717, 1.165) is 23.5 Å². The van der Waals surface area contributed by atoms with Crippen molar-refractivity contribution < 1.29 is 0 Å². The molecule has 2 heterocycles. The Morgan fingerprint density at radius 3 is 2.57 bits per heavy atom. The molecule has 0 radical (unpaired) electrons. The number of rotatable bonds is 0. The van der Waals surface area contributed by atoms with E-state index in [1.807, 2.05) is 6.07 Å². The van der Waals surface area contributed by atoms with Gasteiger partial charge in [-0.05, 0) is 21.0 Å². The van der Waals surface area contributed by atoms with Crippen LogP contribution in [0.5, 0.6) is 0 Å². The van der Waals surface area contributed by atoms with Crippen LogP contribution in [0.4, 0.5) is 5.69 Å². The van der Waals surface area contributed by atoms with Crippen LogP contribution in [0.3, 0.4) is 0 Å². The number of fused-ring (bicyclic) bond motifs is 5. The Balaban J connectivity index is 2.11. The fraction of sp³-hybridized carbons (Fsp3) is 0.125. The molecule has 1 atom stereocenters. The molecular weight excluding hydrogens is 279 g/mol. The zero-order valence-electron chi connectivity index (χ0n) is 11.7. The molecule has 0 spiro atoms. The van der Waals surface area contributed by atoms with Gasteiger partial charge in [0.1, 0.15) is 11.4 Å². The number of anilines is 1. The van der Waals surface area contributed by atoms with Crippen LogP contribution in [0, 0.1) is 0 Å². The molecule has 1 unspecified atom stereocenters. The predicted octanol–water partition coefficient (Wildman–Crippen LogP) is 3.20. The van der Waals surface area contributed by atoms with E-state index in [-0.39, 0.29) is 0 Å². The predicted molar refractivity (Wildman–Crippen MR) is 88.1 cm³/mol. The Bertz CT molecular complexity index is 825. The quantitative estimate of drug-likeness (QED) is 0.597. The molecule has 4 nitrogen and oxygen atoms in total. The van der Waals surface area contributed by atoms with Crippen LogP contribution in [-0.4, -0.2) is 21.8 Å². The maximum atomic E-state index is 4.40. The Kier molecular flexibility index (Phi) is 2.79. The smallest absolute Gasteiger partial charge is 0.123 e. The third-order valence-corrected chi connectivity index (χ3v) is 4.31. The molecule has 104 valence electrons. The summed E-state index contributed by atoms with van der Waals surface area (Å²) in [5.74, 6) is 0. The molecule has 4 rings (SSSR count). The molecule has 0 amide bonds. The van der Waals surface area contributed by atoms with Gasteiger partial charge in [-0.2, -0.15) is 0 Å². The summed E-state index contributed by atoms with van der Waals surface area (Å²) in [6, 6.07) is 16.8. The first-order valence-corrected chi connectivity index (χ1v) is 7.37. The van der Waals surface area contributed by atoms with Gasteiger partial charge in [0.15, 0.2) is 0 Å². The lowest BCUT2D eigenvalue weighted by molar-refractivity contribution is 0.895. The van der Waals surface area contributed by atoms with E-state index in [9.17, 15) is 0 Å². The Labute approximate surface area is 125 Å². The van der Waals surface area contributed by atoms with Gasteiger partial charge in [-0.15, -0.1) is 5.10 Å². The number of aromatic nitrogens is 3. The van der Waals surface area contributed by atoms with E-state index in [1.165, 1.54) is 16.8 Å². The second-order valence-electron chi connectivity index (χ2n) is 5.26. The Morgan fingerprint density at radius 1 is 1.00 bits per heavy atom. The fourth-order valence-electron chi connectivity index (χ4n) is 2.96. The molecule has 1 aliphatic heterocycles. The van der Waals surface area contributed by atoms with E-state index in [4.69, 9.17) is 0 Å². The van der Waals surface area contributed by atoms with Gasteiger partial charge < -0.3 is 4.90 Å². The zero-order valence-corrected chi connectivity index (χ0v) is 12.8. The summed E-state index contributed by atoms with van der Waals surface area (Å²) >= 11 is 0. The average Bonchev–Trinajstić information content (AvgIpc) is 2.88. The van der Waals surface area contributed by atoms with Crippen molar-refractivity contribution in [2.45, 2.75) is 6.54 Å². The number of hydrogen-bond donors (Lipinski definition) is 0. The molecule has 5 heteroatoms. The van der Waals surface area contributed by atoms with Gasteiger partial charge >= 0.3 is 0 Å². The molecule has 0 aliphatic carbocycles. The minimum Gasteiger partial charge on any atom is -0.370 e. The van der Waals surface area contributed by atoms with Crippen LogP contribution in [0.25, 0.3) is 22.5 Å². The number of benzene rings is 2. The molecule has 0 saturated carbocycles. The summed E-state index contributed by atoms with van der Waals surface area (Å²) in [4.78, 5) is 2.26. The second kappa shape index (κ2) is 4.68. The van der Waals surface area contributed by atoms with Gasteiger partial charge in [-0.3, -0.25) is 0 Å². The minimum atomic E-state index is 0.864. The number of hydrogen-bond acceptors (Lipinski definition) is 3.